The minimum Gasteiger partial charge on any atom is -0.475 e. The number of anilines is 1. The van der Waals surface area contributed by atoms with Crippen LogP contribution in [-0.2, 0) is 24.3 Å². The number of halogens is 3. The number of fused-ring (bicyclic) bond motifs is 1. The number of carboxylic acids is 1. The number of hydrogen-bond acceptors (Lipinski definition) is 8. The first-order chi connectivity index (χ1) is 14.9. The molecule has 1 unspecified atom stereocenters. The summed E-state index contributed by atoms with van der Waals surface area (Å²) in [5, 5.41) is 11.0. The van der Waals surface area contributed by atoms with E-state index in [-0.39, 0.29) is 16.4 Å². The number of benzene rings is 1. The van der Waals surface area contributed by atoms with Gasteiger partial charge in [0.15, 0.2) is 16.6 Å². The monoisotopic (exact) mass is 475 g/mol. The maximum absolute atomic E-state index is 12.6. The van der Waals surface area contributed by atoms with Crippen LogP contribution in [0.4, 0.5) is 19.0 Å². The zero-order chi connectivity index (χ0) is 24.1. The molecule has 0 saturated heterocycles. The maximum atomic E-state index is 12.6. The number of sulfonamides is 1. The summed E-state index contributed by atoms with van der Waals surface area (Å²) < 4.78 is 65.2. The molecule has 15 heteroatoms. The van der Waals surface area contributed by atoms with Crippen molar-refractivity contribution in [2.24, 2.45) is 0 Å². The quantitative estimate of drug-likeness (QED) is 0.490. The number of nitrogens with one attached hydrogen (secondary N) is 1. The number of nitrogens with two attached hydrogens (primary N) is 1. The molecular weight excluding hydrogens is 459 g/mol. The molecule has 0 aliphatic heterocycles. The van der Waals surface area contributed by atoms with Gasteiger partial charge >= 0.3 is 12.1 Å². The van der Waals surface area contributed by atoms with Crippen LogP contribution in [0, 0.1) is 0 Å². The average Bonchev–Trinajstić information content (AvgIpc) is 3.12. The van der Waals surface area contributed by atoms with E-state index in [2.05, 4.69) is 10.1 Å². The molecule has 1 aromatic carbocycles. The number of alkyl halides is 3. The van der Waals surface area contributed by atoms with Crippen LogP contribution in [-0.4, -0.2) is 53.3 Å². The Morgan fingerprint density at radius 3 is 2.34 bits per heavy atom. The van der Waals surface area contributed by atoms with Crippen molar-refractivity contribution < 1.29 is 41.0 Å². The third kappa shape index (κ3) is 5.92. The second-order valence-electron chi connectivity index (χ2n) is 5.93. The van der Waals surface area contributed by atoms with Gasteiger partial charge in [-0.2, -0.15) is 18.3 Å². The molecule has 172 valence electrons. The second kappa shape index (κ2) is 9.61. The minimum absolute atomic E-state index is 0.0222. The number of methoxy groups -OCH3 is 1. The highest BCUT2D eigenvalue weighted by atomic mass is 32.2. The molecule has 4 N–H and O–H groups in total. The molecule has 1 amide bonds. The highest BCUT2D eigenvalue weighted by molar-refractivity contribution is 7.90. The van der Waals surface area contributed by atoms with Crippen molar-refractivity contribution >= 4 is 33.4 Å². The van der Waals surface area contributed by atoms with Crippen LogP contribution in [0.2, 0.25) is 0 Å². The number of aliphatic carboxylic acids is 1. The number of rotatable bonds is 5. The van der Waals surface area contributed by atoms with Gasteiger partial charge in [0, 0.05) is 13.3 Å². The van der Waals surface area contributed by atoms with Crippen molar-refractivity contribution in [3.8, 4) is 0 Å². The van der Waals surface area contributed by atoms with E-state index in [1.807, 2.05) is 4.72 Å². The van der Waals surface area contributed by atoms with E-state index in [1.165, 1.54) is 23.9 Å². The largest absolute Gasteiger partial charge is 0.490 e. The molecule has 3 rings (SSSR count). The molecule has 2 aromatic heterocycles. The van der Waals surface area contributed by atoms with Crippen LogP contribution in [0.5, 0.6) is 0 Å². The lowest BCUT2D eigenvalue weighted by molar-refractivity contribution is -0.192. The summed E-state index contributed by atoms with van der Waals surface area (Å²) in [5.74, 6) is -3.45. The average molecular weight is 475 g/mol. The summed E-state index contributed by atoms with van der Waals surface area (Å²) in [6.07, 6.45) is -3.59. The van der Waals surface area contributed by atoms with E-state index in [4.69, 9.17) is 20.4 Å². The minimum atomic E-state index is -5.08. The van der Waals surface area contributed by atoms with Gasteiger partial charge in [-0.1, -0.05) is 30.3 Å². The van der Waals surface area contributed by atoms with Crippen LogP contribution in [0.25, 0.3) is 5.65 Å². The van der Waals surface area contributed by atoms with Gasteiger partial charge in [0.2, 0.25) is 0 Å². The molecule has 0 bridgehead atoms. The Hall–Kier alpha value is -3.72. The molecule has 0 aliphatic carbocycles. The van der Waals surface area contributed by atoms with Crippen molar-refractivity contribution in [2.45, 2.75) is 17.2 Å². The van der Waals surface area contributed by atoms with Crippen LogP contribution in [0.3, 0.4) is 0 Å². The Kier molecular flexibility index (Phi) is 7.37. The first kappa shape index (κ1) is 24.5. The van der Waals surface area contributed by atoms with Gasteiger partial charge in [0.05, 0.1) is 6.20 Å². The smallest absolute Gasteiger partial charge is 0.475 e. The zero-order valence-corrected chi connectivity index (χ0v) is 17.0. The lowest BCUT2D eigenvalue weighted by Gasteiger charge is -2.15. The zero-order valence-electron chi connectivity index (χ0n) is 16.1. The molecule has 0 radical (unpaired) electrons. The Balaban J connectivity index is 0.000000451. The van der Waals surface area contributed by atoms with E-state index in [0.717, 1.165) is 6.20 Å². The molecule has 11 nitrogen and oxygen atoms in total. The standard InChI is InChI=1S/C15H15N5O4S.C2HF3O2/c1-24-13(10-5-3-2-4-6-10)15(21)19-25(22,23)11-9-17-20-8-7-12(16)18-14(11)20;3-2(4,5)1(6)7/h2-9,13H,1H3,(H2,16,18)(H,19,21);(H,6,7). The summed E-state index contributed by atoms with van der Waals surface area (Å²) >= 11 is 0. The van der Waals surface area contributed by atoms with Crippen LogP contribution in [0.1, 0.15) is 11.7 Å². The Morgan fingerprint density at radius 1 is 1.22 bits per heavy atom. The van der Waals surface area contributed by atoms with E-state index in [0.29, 0.717) is 5.56 Å². The highest BCUT2D eigenvalue weighted by Gasteiger charge is 2.38. The van der Waals surface area contributed by atoms with Crippen molar-refractivity contribution in [3.05, 3.63) is 54.4 Å². The predicted molar refractivity (Wildman–Crippen MR) is 103 cm³/mol. The number of aromatic nitrogens is 3. The molecule has 2 heterocycles. The lowest BCUT2D eigenvalue weighted by Crippen LogP contribution is -2.35. The van der Waals surface area contributed by atoms with Crippen molar-refractivity contribution in [1.29, 1.82) is 0 Å². The summed E-state index contributed by atoms with van der Waals surface area (Å²) in [5.41, 5.74) is 6.14. The number of carbonyl (C=O) groups excluding carboxylic acids is 1. The van der Waals surface area contributed by atoms with Crippen molar-refractivity contribution in [2.75, 3.05) is 12.8 Å². The molecular formula is C17H16F3N5O6S. The topological polar surface area (TPSA) is 166 Å². The van der Waals surface area contributed by atoms with Gasteiger partial charge in [0.25, 0.3) is 15.9 Å². The maximum Gasteiger partial charge on any atom is 0.490 e. The number of amides is 1. The van der Waals surface area contributed by atoms with E-state index < -0.39 is 34.2 Å². The fraction of sp³-hybridized carbons (Fsp3) is 0.176. The number of ether oxygens (including phenoxy) is 1. The SMILES string of the molecule is COC(C(=O)NS(=O)(=O)c1cnn2ccc(N)nc12)c1ccccc1.O=C(O)C(F)(F)F. The summed E-state index contributed by atoms with van der Waals surface area (Å²) in [6.45, 7) is 0. The van der Waals surface area contributed by atoms with Gasteiger partial charge in [-0.15, -0.1) is 0 Å². The summed E-state index contributed by atoms with van der Waals surface area (Å²) in [7, 11) is -2.88. The lowest BCUT2D eigenvalue weighted by atomic mass is 10.1. The van der Waals surface area contributed by atoms with Crippen molar-refractivity contribution in [3.63, 3.8) is 0 Å². The van der Waals surface area contributed by atoms with Gasteiger partial charge in [0.1, 0.15) is 5.82 Å². The Bertz CT molecular complexity index is 1210. The Labute approximate surface area is 178 Å². The number of hydrogen-bond donors (Lipinski definition) is 3. The third-order valence-corrected chi connectivity index (χ3v) is 5.04. The molecule has 1 atom stereocenters. The number of nitrogen functional groups attached to an aromatic ring is 1. The molecule has 0 spiro atoms. The van der Waals surface area contributed by atoms with Crippen LogP contribution >= 0.6 is 0 Å². The van der Waals surface area contributed by atoms with Gasteiger partial charge in [-0.3, -0.25) is 4.79 Å². The number of nitrogens with zero attached hydrogens (tertiary/aromatic N) is 3. The van der Waals surface area contributed by atoms with E-state index in [9.17, 15) is 26.4 Å². The highest BCUT2D eigenvalue weighted by Crippen LogP contribution is 2.20. The fourth-order valence-corrected chi connectivity index (χ4v) is 3.36. The summed E-state index contributed by atoms with van der Waals surface area (Å²) in [4.78, 5) is 25.0. The van der Waals surface area contributed by atoms with Gasteiger partial charge in [-0.05, 0) is 11.6 Å². The molecule has 32 heavy (non-hydrogen) atoms. The van der Waals surface area contributed by atoms with Crippen LogP contribution in [0.15, 0.2) is 53.7 Å². The molecule has 0 fully saturated rings. The summed E-state index contributed by atoms with van der Waals surface area (Å²) in [6, 6.07) is 10.0. The van der Waals surface area contributed by atoms with E-state index >= 15 is 0 Å². The number of carbonyl (C=O) groups is 2. The van der Waals surface area contributed by atoms with Crippen LogP contribution < -0.4 is 10.5 Å². The molecule has 3 aromatic rings. The second-order valence-corrected chi connectivity index (χ2v) is 7.58. The normalized spacial score (nSPS) is 12.5. The Morgan fingerprint density at radius 2 is 1.81 bits per heavy atom. The number of carboxylic acid groups (broad SMARTS) is 1. The van der Waals surface area contributed by atoms with E-state index in [1.54, 1.807) is 30.3 Å². The molecule has 0 saturated carbocycles. The molecule has 0 aliphatic rings. The first-order valence-corrected chi connectivity index (χ1v) is 9.89. The first-order valence-electron chi connectivity index (χ1n) is 8.41. The third-order valence-electron chi connectivity index (χ3n) is 3.70. The fourth-order valence-electron chi connectivity index (χ4n) is 2.31. The van der Waals surface area contributed by atoms with Crippen molar-refractivity contribution in [1.82, 2.24) is 19.3 Å². The van der Waals surface area contributed by atoms with Gasteiger partial charge < -0.3 is 15.6 Å². The van der Waals surface area contributed by atoms with Gasteiger partial charge in [-0.25, -0.2) is 27.4 Å². The predicted octanol–water partition coefficient (Wildman–Crippen LogP) is 1.14.